The Morgan fingerprint density at radius 3 is 3.20 bits per heavy atom. The minimum Gasteiger partial charge on any atom is -0.320 e. The van der Waals surface area contributed by atoms with Gasteiger partial charge in [-0.15, -0.1) is 0 Å². The molecule has 6 nitrogen and oxygen atoms in total. The van der Waals surface area contributed by atoms with Crippen molar-refractivity contribution in [3.05, 3.63) is 18.2 Å². The minimum atomic E-state index is -0.208. The lowest BCUT2D eigenvalue weighted by atomic mass is 10.2. The molecule has 0 spiro atoms. The Labute approximate surface area is 87.7 Å². The summed E-state index contributed by atoms with van der Waals surface area (Å²) in [6, 6.07) is 2.04. The van der Waals surface area contributed by atoms with Crippen molar-refractivity contribution in [1.29, 1.82) is 5.26 Å². The standard InChI is InChI=1S/C9H13N5O/c1-7(2-3-9(15)13-11)14-5-4-12-8(14)6-10/h4-5,7H,2-3,11H2,1H3,(H,13,15). The molecule has 1 heterocycles. The highest BCUT2D eigenvalue weighted by molar-refractivity contribution is 5.75. The summed E-state index contributed by atoms with van der Waals surface area (Å²) in [5.74, 6) is 5.11. The topological polar surface area (TPSA) is 96.7 Å². The Kier molecular flexibility index (Phi) is 3.83. The molecule has 1 rings (SSSR count). The van der Waals surface area contributed by atoms with Gasteiger partial charge >= 0.3 is 0 Å². The highest BCUT2D eigenvalue weighted by Crippen LogP contribution is 2.14. The van der Waals surface area contributed by atoms with Gasteiger partial charge in [-0.3, -0.25) is 10.2 Å². The van der Waals surface area contributed by atoms with Gasteiger partial charge in [-0.25, -0.2) is 10.8 Å². The number of hydrogen-bond acceptors (Lipinski definition) is 4. The molecule has 1 amide bonds. The number of nitriles is 1. The van der Waals surface area contributed by atoms with Crippen molar-refractivity contribution in [3.63, 3.8) is 0 Å². The van der Waals surface area contributed by atoms with Gasteiger partial charge in [0.25, 0.3) is 0 Å². The van der Waals surface area contributed by atoms with Gasteiger partial charge < -0.3 is 4.57 Å². The number of rotatable bonds is 4. The molecule has 0 aliphatic heterocycles. The van der Waals surface area contributed by atoms with E-state index in [1.54, 1.807) is 17.0 Å². The number of nitrogens with one attached hydrogen (secondary N) is 1. The molecule has 0 saturated carbocycles. The van der Waals surface area contributed by atoms with Crippen LogP contribution in [0.4, 0.5) is 0 Å². The molecule has 15 heavy (non-hydrogen) atoms. The summed E-state index contributed by atoms with van der Waals surface area (Å²) in [4.78, 5) is 14.8. The Balaban J connectivity index is 2.58. The van der Waals surface area contributed by atoms with Gasteiger partial charge in [0.2, 0.25) is 11.7 Å². The third kappa shape index (κ3) is 2.79. The Bertz CT molecular complexity index is 378. The largest absolute Gasteiger partial charge is 0.320 e. The van der Waals surface area contributed by atoms with Crippen LogP contribution in [0, 0.1) is 11.3 Å². The quantitative estimate of drug-likeness (QED) is 0.415. The number of carbonyl (C=O) groups excluding carboxylic acids is 1. The molecule has 0 aromatic carbocycles. The predicted molar refractivity (Wildman–Crippen MR) is 53.2 cm³/mol. The zero-order valence-electron chi connectivity index (χ0n) is 8.47. The summed E-state index contributed by atoms with van der Waals surface area (Å²) >= 11 is 0. The van der Waals surface area contributed by atoms with Crippen molar-refractivity contribution in [2.45, 2.75) is 25.8 Å². The number of hydrogen-bond donors (Lipinski definition) is 2. The van der Waals surface area contributed by atoms with Crippen molar-refractivity contribution >= 4 is 5.91 Å². The number of nitrogens with two attached hydrogens (primary N) is 1. The van der Waals surface area contributed by atoms with E-state index in [1.165, 1.54) is 0 Å². The zero-order chi connectivity index (χ0) is 11.3. The van der Waals surface area contributed by atoms with Crippen molar-refractivity contribution in [2.75, 3.05) is 0 Å². The number of aromatic nitrogens is 2. The molecule has 0 aliphatic rings. The van der Waals surface area contributed by atoms with Crippen LogP contribution in [-0.2, 0) is 4.79 Å². The van der Waals surface area contributed by atoms with Crippen molar-refractivity contribution in [1.82, 2.24) is 15.0 Å². The molecule has 6 heteroatoms. The van der Waals surface area contributed by atoms with E-state index in [-0.39, 0.29) is 11.9 Å². The first-order valence-electron chi connectivity index (χ1n) is 4.61. The van der Waals surface area contributed by atoms with Crippen LogP contribution >= 0.6 is 0 Å². The highest BCUT2D eigenvalue weighted by atomic mass is 16.2. The summed E-state index contributed by atoms with van der Waals surface area (Å²) in [5.41, 5.74) is 2.07. The molecule has 0 fully saturated rings. The Morgan fingerprint density at radius 1 is 1.87 bits per heavy atom. The fourth-order valence-electron chi connectivity index (χ4n) is 1.31. The summed E-state index contributed by atoms with van der Waals surface area (Å²) in [6.07, 6.45) is 4.25. The van der Waals surface area contributed by atoms with E-state index in [0.717, 1.165) is 0 Å². The van der Waals surface area contributed by atoms with Gasteiger partial charge in [0.05, 0.1) is 0 Å². The minimum absolute atomic E-state index is 0.0550. The molecule has 0 saturated heterocycles. The molecular weight excluding hydrogens is 194 g/mol. The third-order valence-electron chi connectivity index (χ3n) is 2.19. The second kappa shape index (κ2) is 5.12. The van der Waals surface area contributed by atoms with Gasteiger partial charge in [-0.2, -0.15) is 5.26 Å². The van der Waals surface area contributed by atoms with Crippen LogP contribution < -0.4 is 11.3 Å². The molecule has 1 aromatic rings. The lowest BCUT2D eigenvalue weighted by Gasteiger charge is -2.12. The van der Waals surface area contributed by atoms with Crippen molar-refractivity contribution in [3.8, 4) is 6.07 Å². The van der Waals surface area contributed by atoms with E-state index in [2.05, 4.69) is 10.4 Å². The highest BCUT2D eigenvalue weighted by Gasteiger charge is 2.10. The Morgan fingerprint density at radius 2 is 2.60 bits per heavy atom. The molecule has 1 aromatic heterocycles. The fraction of sp³-hybridized carbons (Fsp3) is 0.444. The van der Waals surface area contributed by atoms with Gasteiger partial charge in [0, 0.05) is 24.9 Å². The summed E-state index contributed by atoms with van der Waals surface area (Å²) in [7, 11) is 0. The maximum absolute atomic E-state index is 10.9. The summed E-state index contributed by atoms with van der Waals surface area (Å²) in [6.45, 7) is 1.92. The average molecular weight is 207 g/mol. The molecule has 0 bridgehead atoms. The van der Waals surface area contributed by atoms with Crippen LogP contribution in [-0.4, -0.2) is 15.5 Å². The van der Waals surface area contributed by atoms with Gasteiger partial charge in [0.1, 0.15) is 6.07 Å². The summed E-state index contributed by atoms with van der Waals surface area (Å²) < 4.78 is 1.74. The van der Waals surface area contributed by atoms with Crippen LogP contribution in [0.5, 0.6) is 0 Å². The normalized spacial score (nSPS) is 11.8. The fourth-order valence-corrected chi connectivity index (χ4v) is 1.31. The molecule has 1 unspecified atom stereocenters. The van der Waals surface area contributed by atoms with Crippen molar-refractivity contribution in [2.24, 2.45) is 5.84 Å². The van der Waals surface area contributed by atoms with Gasteiger partial charge in [0.15, 0.2) is 0 Å². The first-order chi connectivity index (χ1) is 7.19. The Hall–Kier alpha value is -1.87. The molecule has 80 valence electrons. The van der Waals surface area contributed by atoms with Crippen LogP contribution in [0.25, 0.3) is 0 Å². The monoisotopic (exact) mass is 207 g/mol. The van der Waals surface area contributed by atoms with E-state index >= 15 is 0 Å². The first-order valence-corrected chi connectivity index (χ1v) is 4.61. The van der Waals surface area contributed by atoms with Gasteiger partial charge in [-0.05, 0) is 13.3 Å². The number of nitrogens with zero attached hydrogens (tertiary/aromatic N) is 3. The molecule has 0 radical (unpaired) electrons. The van der Waals surface area contributed by atoms with Crippen LogP contribution in [0.1, 0.15) is 31.6 Å². The molecule has 3 N–H and O–H groups in total. The predicted octanol–water partition coefficient (Wildman–Crippen LogP) is 0.0859. The van der Waals surface area contributed by atoms with E-state index in [0.29, 0.717) is 18.7 Å². The smallest absolute Gasteiger partial charge is 0.233 e. The zero-order valence-corrected chi connectivity index (χ0v) is 8.47. The third-order valence-corrected chi connectivity index (χ3v) is 2.19. The van der Waals surface area contributed by atoms with Crippen molar-refractivity contribution < 1.29 is 4.79 Å². The maximum atomic E-state index is 10.9. The molecular formula is C9H13N5O. The average Bonchev–Trinajstić information content (AvgIpc) is 2.73. The lowest BCUT2D eigenvalue weighted by molar-refractivity contribution is -0.121. The number of carbonyl (C=O) groups is 1. The molecule has 0 aliphatic carbocycles. The van der Waals surface area contributed by atoms with Gasteiger partial charge in [-0.1, -0.05) is 0 Å². The summed E-state index contributed by atoms with van der Waals surface area (Å²) in [5, 5.41) is 8.75. The van der Waals surface area contributed by atoms with Crippen LogP contribution in [0.3, 0.4) is 0 Å². The number of amides is 1. The van der Waals surface area contributed by atoms with Crippen LogP contribution in [0.2, 0.25) is 0 Å². The van der Waals surface area contributed by atoms with E-state index < -0.39 is 0 Å². The second-order valence-electron chi connectivity index (χ2n) is 3.23. The lowest BCUT2D eigenvalue weighted by Crippen LogP contribution is -2.30. The number of hydrazine groups is 1. The van der Waals surface area contributed by atoms with E-state index in [4.69, 9.17) is 11.1 Å². The van der Waals surface area contributed by atoms with Crippen LogP contribution in [0.15, 0.2) is 12.4 Å². The molecule has 1 atom stereocenters. The maximum Gasteiger partial charge on any atom is 0.233 e. The van der Waals surface area contributed by atoms with E-state index in [9.17, 15) is 4.79 Å². The number of imidazole rings is 1. The SMILES string of the molecule is CC(CCC(=O)NN)n1ccnc1C#N. The first kappa shape index (κ1) is 11.2. The second-order valence-corrected chi connectivity index (χ2v) is 3.23. The van der Waals surface area contributed by atoms with E-state index in [1.807, 2.05) is 13.0 Å².